The molecule has 6 heteroatoms. The minimum Gasteiger partial charge on any atom is -0.490 e. The maximum absolute atomic E-state index is 12.8. The molecule has 0 aromatic heterocycles. The molecule has 1 atom stereocenters. The lowest BCUT2D eigenvalue weighted by Crippen LogP contribution is -2.44. The summed E-state index contributed by atoms with van der Waals surface area (Å²) in [5.74, 6) is 0.672. The van der Waals surface area contributed by atoms with Crippen LogP contribution in [0.25, 0.3) is 0 Å². The maximum atomic E-state index is 12.8. The summed E-state index contributed by atoms with van der Waals surface area (Å²) < 4.78 is 5.70. The largest absolute Gasteiger partial charge is 0.490 e. The second kappa shape index (κ2) is 8.38. The number of rotatable bonds is 3. The summed E-state index contributed by atoms with van der Waals surface area (Å²) in [4.78, 5) is 27.2. The number of urea groups is 1. The minimum absolute atomic E-state index is 0.0252. The summed E-state index contributed by atoms with van der Waals surface area (Å²) in [6.45, 7) is 12.7. The molecule has 3 amide bonds. The molecule has 30 heavy (non-hydrogen) atoms. The number of fused-ring (bicyclic) bond motifs is 1. The van der Waals surface area contributed by atoms with Gasteiger partial charge in [-0.05, 0) is 55.7 Å². The average Bonchev–Trinajstić information content (AvgIpc) is 2.68. The van der Waals surface area contributed by atoms with E-state index in [4.69, 9.17) is 4.74 Å². The Kier molecular flexibility index (Phi) is 6.06. The molecule has 3 rings (SSSR count). The molecule has 0 aliphatic carbocycles. The van der Waals surface area contributed by atoms with Crippen LogP contribution in [0, 0.1) is 19.3 Å². The second-order valence-electron chi connectivity index (χ2n) is 8.85. The average molecular weight is 410 g/mol. The van der Waals surface area contributed by atoms with Crippen molar-refractivity contribution < 1.29 is 14.3 Å². The summed E-state index contributed by atoms with van der Waals surface area (Å²) in [5, 5.41) is 5.87. The fourth-order valence-corrected chi connectivity index (χ4v) is 3.60. The van der Waals surface area contributed by atoms with E-state index >= 15 is 0 Å². The number of ether oxygens (including phenoxy) is 1. The number of hydrogen-bond acceptors (Lipinski definition) is 3. The number of aryl methyl sites for hydroxylation is 1. The summed E-state index contributed by atoms with van der Waals surface area (Å²) in [5.41, 5.74) is 4.24. The molecule has 1 aliphatic heterocycles. The van der Waals surface area contributed by atoms with E-state index in [0.29, 0.717) is 30.3 Å². The molecule has 6 nitrogen and oxygen atoms in total. The minimum atomic E-state index is -0.503. The zero-order valence-electron chi connectivity index (χ0n) is 18.6. The van der Waals surface area contributed by atoms with Crippen molar-refractivity contribution in [3.63, 3.8) is 0 Å². The van der Waals surface area contributed by atoms with Gasteiger partial charge in [0.25, 0.3) is 0 Å². The number of amides is 3. The van der Waals surface area contributed by atoms with E-state index in [-0.39, 0.29) is 18.0 Å². The standard InChI is InChI=1S/C24H31N3O3/c1-15-8-7-9-19(16(15)2)17(3)25-23(29)26-18-10-11-21-20(14-18)27(12-13-30-21)22(28)24(4,5)6/h7-11,14,17H,12-13H2,1-6H3,(H2,25,26,29). The van der Waals surface area contributed by atoms with E-state index in [2.05, 4.69) is 30.5 Å². The first-order chi connectivity index (χ1) is 14.1. The maximum Gasteiger partial charge on any atom is 0.319 e. The Hall–Kier alpha value is -3.02. The van der Waals surface area contributed by atoms with Crippen LogP contribution in [0.3, 0.4) is 0 Å². The molecule has 160 valence electrons. The Morgan fingerprint density at radius 3 is 2.57 bits per heavy atom. The zero-order chi connectivity index (χ0) is 22.1. The molecule has 0 saturated heterocycles. The lowest BCUT2D eigenvalue weighted by Gasteiger charge is -2.34. The molecule has 2 aromatic carbocycles. The van der Waals surface area contributed by atoms with Crippen molar-refractivity contribution in [1.82, 2.24) is 5.32 Å². The highest BCUT2D eigenvalue weighted by molar-refractivity contribution is 6.00. The van der Waals surface area contributed by atoms with Crippen LogP contribution >= 0.6 is 0 Å². The van der Waals surface area contributed by atoms with Crippen molar-refractivity contribution in [2.45, 2.75) is 47.6 Å². The Labute approximate surface area is 178 Å². The molecular weight excluding hydrogens is 378 g/mol. The monoisotopic (exact) mass is 409 g/mol. The van der Waals surface area contributed by atoms with Crippen LogP contribution < -0.4 is 20.3 Å². The highest BCUT2D eigenvalue weighted by Crippen LogP contribution is 2.36. The lowest BCUT2D eigenvalue weighted by molar-refractivity contribution is -0.126. The van der Waals surface area contributed by atoms with Gasteiger partial charge in [-0.3, -0.25) is 4.79 Å². The van der Waals surface area contributed by atoms with Crippen LogP contribution in [-0.2, 0) is 4.79 Å². The van der Waals surface area contributed by atoms with Gasteiger partial charge in [-0.25, -0.2) is 4.79 Å². The lowest BCUT2D eigenvalue weighted by atomic mass is 9.94. The number of benzene rings is 2. The molecule has 0 spiro atoms. The van der Waals surface area contributed by atoms with Gasteiger partial charge in [-0.2, -0.15) is 0 Å². The van der Waals surface area contributed by atoms with Crippen molar-refractivity contribution in [2.75, 3.05) is 23.4 Å². The van der Waals surface area contributed by atoms with E-state index in [1.807, 2.05) is 39.8 Å². The van der Waals surface area contributed by atoms with Crippen LogP contribution in [-0.4, -0.2) is 25.1 Å². The Morgan fingerprint density at radius 1 is 1.13 bits per heavy atom. The van der Waals surface area contributed by atoms with Gasteiger partial charge in [0, 0.05) is 11.1 Å². The van der Waals surface area contributed by atoms with Crippen LogP contribution in [0.1, 0.15) is 50.4 Å². The van der Waals surface area contributed by atoms with E-state index in [9.17, 15) is 9.59 Å². The number of nitrogens with one attached hydrogen (secondary N) is 2. The van der Waals surface area contributed by atoms with Crippen molar-refractivity contribution in [2.24, 2.45) is 5.41 Å². The molecule has 1 aliphatic rings. The van der Waals surface area contributed by atoms with Crippen molar-refractivity contribution in [3.8, 4) is 5.75 Å². The smallest absolute Gasteiger partial charge is 0.319 e. The number of hydrogen-bond donors (Lipinski definition) is 2. The van der Waals surface area contributed by atoms with Gasteiger partial charge in [-0.15, -0.1) is 0 Å². The van der Waals surface area contributed by atoms with E-state index in [0.717, 1.165) is 5.56 Å². The van der Waals surface area contributed by atoms with Gasteiger partial charge in [0.05, 0.1) is 18.3 Å². The third kappa shape index (κ3) is 4.58. The van der Waals surface area contributed by atoms with Crippen molar-refractivity contribution >= 4 is 23.3 Å². The first-order valence-electron chi connectivity index (χ1n) is 10.3. The summed E-state index contributed by atoms with van der Waals surface area (Å²) in [7, 11) is 0. The molecule has 2 aromatic rings. The van der Waals surface area contributed by atoms with Gasteiger partial charge in [-0.1, -0.05) is 39.0 Å². The summed E-state index contributed by atoms with van der Waals surface area (Å²) >= 11 is 0. The third-order valence-electron chi connectivity index (χ3n) is 5.43. The highest BCUT2D eigenvalue weighted by atomic mass is 16.5. The first kappa shape index (κ1) is 21.7. The quantitative estimate of drug-likeness (QED) is 0.753. The Morgan fingerprint density at radius 2 is 1.87 bits per heavy atom. The third-order valence-corrected chi connectivity index (χ3v) is 5.43. The molecule has 0 fully saturated rings. The van der Waals surface area contributed by atoms with Crippen LogP contribution in [0.15, 0.2) is 36.4 Å². The molecule has 1 heterocycles. The summed E-state index contributed by atoms with van der Waals surface area (Å²) in [6, 6.07) is 11.0. The van der Waals surface area contributed by atoms with Crippen molar-refractivity contribution in [1.29, 1.82) is 0 Å². The second-order valence-corrected chi connectivity index (χ2v) is 8.85. The van der Waals surface area contributed by atoms with Gasteiger partial charge in [0.15, 0.2) is 0 Å². The fraction of sp³-hybridized carbons (Fsp3) is 0.417. The van der Waals surface area contributed by atoms with Gasteiger partial charge in [0.2, 0.25) is 5.91 Å². The Bertz CT molecular complexity index is 963. The SMILES string of the molecule is Cc1cccc(C(C)NC(=O)Nc2ccc3c(c2)N(C(=O)C(C)(C)C)CCO3)c1C. The van der Waals surface area contributed by atoms with Crippen LogP contribution in [0.4, 0.5) is 16.2 Å². The molecule has 1 unspecified atom stereocenters. The van der Waals surface area contributed by atoms with Crippen LogP contribution in [0.5, 0.6) is 5.75 Å². The van der Waals surface area contributed by atoms with Crippen molar-refractivity contribution in [3.05, 3.63) is 53.1 Å². The van der Waals surface area contributed by atoms with Gasteiger partial charge >= 0.3 is 6.03 Å². The molecule has 0 radical (unpaired) electrons. The summed E-state index contributed by atoms with van der Waals surface area (Å²) in [6.07, 6.45) is 0. The fourth-order valence-electron chi connectivity index (χ4n) is 3.60. The number of anilines is 2. The predicted octanol–water partition coefficient (Wildman–Crippen LogP) is 4.96. The van der Waals surface area contributed by atoms with E-state index in [1.165, 1.54) is 11.1 Å². The van der Waals surface area contributed by atoms with Gasteiger partial charge < -0.3 is 20.3 Å². The first-order valence-corrected chi connectivity index (χ1v) is 10.3. The topological polar surface area (TPSA) is 70.7 Å². The highest BCUT2D eigenvalue weighted by Gasteiger charge is 2.32. The number of carbonyl (C=O) groups excluding carboxylic acids is 2. The van der Waals surface area contributed by atoms with Crippen LogP contribution in [0.2, 0.25) is 0 Å². The van der Waals surface area contributed by atoms with E-state index < -0.39 is 5.41 Å². The molecular formula is C24H31N3O3. The normalized spacial score (nSPS) is 14.4. The zero-order valence-corrected chi connectivity index (χ0v) is 18.6. The molecule has 0 bridgehead atoms. The molecule has 2 N–H and O–H groups in total. The predicted molar refractivity (Wildman–Crippen MR) is 120 cm³/mol. The molecule has 0 saturated carbocycles. The Balaban J connectivity index is 1.75. The van der Waals surface area contributed by atoms with E-state index in [1.54, 1.807) is 23.1 Å². The number of carbonyl (C=O) groups is 2. The van der Waals surface area contributed by atoms with Gasteiger partial charge in [0.1, 0.15) is 12.4 Å². The number of nitrogens with zero attached hydrogens (tertiary/aromatic N) is 1.